The van der Waals surface area contributed by atoms with Gasteiger partial charge in [-0.3, -0.25) is 9.69 Å². The lowest BCUT2D eigenvalue weighted by Gasteiger charge is -2.34. The number of carbonyl (C=O) groups excluding carboxylic acids is 1. The zero-order valence-corrected chi connectivity index (χ0v) is 16.4. The molecule has 0 spiro atoms. The lowest BCUT2D eigenvalue weighted by molar-refractivity contribution is 0.0925. The molecule has 0 atom stereocenters. The van der Waals surface area contributed by atoms with Crippen molar-refractivity contribution in [2.45, 2.75) is 13.3 Å². The second kappa shape index (κ2) is 8.57. The average molecular weight is 397 g/mol. The molecule has 0 unspecified atom stereocenters. The van der Waals surface area contributed by atoms with Crippen LogP contribution in [0.1, 0.15) is 22.5 Å². The molecule has 2 aromatic heterocycles. The highest BCUT2D eigenvalue weighted by Gasteiger charge is 2.20. The summed E-state index contributed by atoms with van der Waals surface area (Å²) in [6.45, 7) is 6.87. The summed E-state index contributed by atoms with van der Waals surface area (Å²) in [4.78, 5) is 25.6. The number of aromatic nitrogens is 2. The largest absolute Gasteiger partial charge is 0.448 e. The molecule has 1 aliphatic rings. The molecule has 0 radical (unpaired) electrons. The average Bonchev–Trinajstić information content (AvgIpc) is 3.10. The SMILES string of the molecule is Cc1c(C(=O)NCCCN2CCN(c3ncccn3)CC2)oc2c(F)cccc12. The molecule has 1 amide bonds. The summed E-state index contributed by atoms with van der Waals surface area (Å²) in [6, 6.07) is 6.52. The van der Waals surface area contributed by atoms with E-state index in [-0.39, 0.29) is 17.3 Å². The van der Waals surface area contributed by atoms with Gasteiger partial charge in [-0.1, -0.05) is 12.1 Å². The first kappa shape index (κ1) is 19.3. The molecule has 1 aliphatic heterocycles. The summed E-state index contributed by atoms with van der Waals surface area (Å²) in [5, 5.41) is 3.52. The Bertz CT molecular complexity index is 983. The molecule has 1 aromatic carbocycles. The van der Waals surface area contributed by atoms with E-state index in [1.54, 1.807) is 31.5 Å². The first-order chi connectivity index (χ1) is 14.1. The quantitative estimate of drug-likeness (QED) is 0.645. The fraction of sp³-hybridized carbons (Fsp3) is 0.381. The van der Waals surface area contributed by atoms with Gasteiger partial charge in [0.25, 0.3) is 5.91 Å². The third-order valence-corrected chi connectivity index (χ3v) is 5.27. The van der Waals surface area contributed by atoms with Gasteiger partial charge in [0, 0.05) is 56.1 Å². The summed E-state index contributed by atoms with van der Waals surface area (Å²) in [5.74, 6) is 0.201. The minimum absolute atomic E-state index is 0.135. The molecule has 152 valence electrons. The van der Waals surface area contributed by atoms with Crippen molar-refractivity contribution >= 4 is 22.8 Å². The van der Waals surface area contributed by atoms with Crippen LogP contribution in [0.2, 0.25) is 0 Å². The number of halogens is 1. The van der Waals surface area contributed by atoms with Crippen LogP contribution in [0.5, 0.6) is 0 Å². The maximum Gasteiger partial charge on any atom is 0.287 e. The van der Waals surface area contributed by atoms with E-state index in [2.05, 4.69) is 25.1 Å². The zero-order chi connectivity index (χ0) is 20.2. The number of fused-ring (bicyclic) bond motifs is 1. The molecule has 1 N–H and O–H groups in total. The molecule has 8 heteroatoms. The van der Waals surface area contributed by atoms with Crippen molar-refractivity contribution in [3.05, 3.63) is 53.8 Å². The second-order valence-electron chi connectivity index (χ2n) is 7.16. The number of nitrogens with one attached hydrogen (secondary N) is 1. The predicted molar refractivity (Wildman–Crippen MR) is 109 cm³/mol. The lowest BCUT2D eigenvalue weighted by atomic mass is 10.1. The molecule has 1 saturated heterocycles. The van der Waals surface area contributed by atoms with Gasteiger partial charge in [-0.15, -0.1) is 0 Å². The highest BCUT2D eigenvalue weighted by molar-refractivity contribution is 5.98. The summed E-state index contributed by atoms with van der Waals surface area (Å²) >= 11 is 0. The van der Waals surface area contributed by atoms with E-state index >= 15 is 0 Å². The molecule has 0 bridgehead atoms. The monoisotopic (exact) mass is 397 g/mol. The van der Waals surface area contributed by atoms with E-state index in [1.165, 1.54) is 6.07 Å². The van der Waals surface area contributed by atoms with Crippen LogP contribution in [0.3, 0.4) is 0 Å². The Morgan fingerprint density at radius 3 is 2.66 bits per heavy atom. The molecule has 29 heavy (non-hydrogen) atoms. The van der Waals surface area contributed by atoms with Crippen LogP contribution < -0.4 is 10.2 Å². The van der Waals surface area contributed by atoms with Crippen LogP contribution in [0.25, 0.3) is 11.0 Å². The normalized spacial score (nSPS) is 15.0. The number of piperazine rings is 1. The Morgan fingerprint density at radius 1 is 1.17 bits per heavy atom. The van der Waals surface area contributed by atoms with Crippen LogP contribution in [-0.4, -0.2) is 60.0 Å². The van der Waals surface area contributed by atoms with Crippen LogP contribution >= 0.6 is 0 Å². The minimum atomic E-state index is -0.454. The van der Waals surface area contributed by atoms with E-state index in [4.69, 9.17) is 4.42 Å². The van der Waals surface area contributed by atoms with Gasteiger partial charge in [0.2, 0.25) is 5.95 Å². The maximum absolute atomic E-state index is 13.8. The number of aryl methyl sites for hydroxylation is 1. The van der Waals surface area contributed by atoms with Gasteiger partial charge in [0.15, 0.2) is 17.2 Å². The van der Waals surface area contributed by atoms with Crippen molar-refractivity contribution in [1.82, 2.24) is 20.2 Å². The maximum atomic E-state index is 13.8. The number of hydrogen-bond acceptors (Lipinski definition) is 6. The van der Waals surface area contributed by atoms with E-state index in [0.29, 0.717) is 17.5 Å². The second-order valence-corrected chi connectivity index (χ2v) is 7.16. The number of hydrogen-bond donors (Lipinski definition) is 1. The first-order valence-electron chi connectivity index (χ1n) is 9.83. The van der Waals surface area contributed by atoms with Crippen molar-refractivity contribution in [2.24, 2.45) is 0 Å². The Hall–Kier alpha value is -3.00. The minimum Gasteiger partial charge on any atom is -0.448 e. The summed E-state index contributed by atoms with van der Waals surface area (Å²) in [6.07, 6.45) is 4.35. The third kappa shape index (κ3) is 4.22. The van der Waals surface area contributed by atoms with Crippen molar-refractivity contribution < 1.29 is 13.6 Å². The molecule has 3 aromatic rings. The van der Waals surface area contributed by atoms with Gasteiger partial charge in [-0.05, 0) is 32.0 Å². The first-order valence-corrected chi connectivity index (χ1v) is 9.83. The van der Waals surface area contributed by atoms with E-state index in [1.807, 2.05) is 6.07 Å². The summed E-state index contributed by atoms with van der Waals surface area (Å²) in [5.41, 5.74) is 0.798. The van der Waals surface area contributed by atoms with Gasteiger partial charge in [-0.25, -0.2) is 14.4 Å². The van der Waals surface area contributed by atoms with Gasteiger partial charge < -0.3 is 14.6 Å². The van der Waals surface area contributed by atoms with E-state index < -0.39 is 5.82 Å². The number of furan rings is 1. The number of anilines is 1. The van der Waals surface area contributed by atoms with Gasteiger partial charge in [0.1, 0.15) is 0 Å². The van der Waals surface area contributed by atoms with Crippen LogP contribution in [0.4, 0.5) is 10.3 Å². The Kier molecular flexibility index (Phi) is 5.71. The van der Waals surface area contributed by atoms with Gasteiger partial charge in [0.05, 0.1) is 0 Å². The van der Waals surface area contributed by atoms with Gasteiger partial charge in [-0.2, -0.15) is 0 Å². The fourth-order valence-electron chi connectivity index (χ4n) is 3.64. The molecular formula is C21H24FN5O2. The molecule has 1 fully saturated rings. The number of para-hydroxylation sites is 1. The number of benzene rings is 1. The van der Waals surface area contributed by atoms with E-state index in [9.17, 15) is 9.18 Å². The Balaban J connectivity index is 1.23. The standard InChI is InChI=1S/C21H24FN5O2/c1-15-16-5-2-6-17(22)19(16)29-18(15)20(28)23-9-4-10-26-11-13-27(14-12-26)21-24-7-3-8-25-21/h2-3,5-8H,4,9-14H2,1H3,(H,23,28). The van der Waals surface area contributed by atoms with Gasteiger partial charge >= 0.3 is 0 Å². The fourth-order valence-corrected chi connectivity index (χ4v) is 3.64. The molecule has 4 rings (SSSR count). The lowest BCUT2D eigenvalue weighted by Crippen LogP contribution is -2.47. The Morgan fingerprint density at radius 2 is 1.93 bits per heavy atom. The molecule has 7 nitrogen and oxygen atoms in total. The Labute approximate surface area is 168 Å². The molecule has 0 saturated carbocycles. The highest BCUT2D eigenvalue weighted by Crippen LogP contribution is 2.27. The molecular weight excluding hydrogens is 373 g/mol. The van der Waals surface area contributed by atoms with E-state index in [0.717, 1.165) is 45.1 Å². The summed E-state index contributed by atoms with van der Waals surface area (Å²) in [7, 11) is 0. The van der Waals surface area contributed by atoms with Crippen LogP contribution in [0, 0.1) is 12.7 Å². The predicted octanol–water partition coefficient (Wildman–Crippen LogP) is 2.61. The molecule has 0 aliphatic carbocycles. The highest BCUT2D eigenvalue weighted by atomic mass is 19.1. The van der Waals surface area contributed by atoms with Crippen molar-refractivity contribution in [3.8, 4) is 0 Å². The van der Waals surface area contributed by atoms with Crippen molar-refractivity contribution in [1.29, 1.82) is 0 Å². The van der Waals surface area contributed by atoms with Crippen molar-refractivity contribution in [3.63, 3.8) is 0 Å². The number of rotatable bonds is 6. The summed E-state index contributed by atoms with van der Waals surface area (Å²) < 4.78 is 19.3. The molecule has 3 heterocycles. The topological polar surface area (TPSA) is 74.5 Å². The number of nitrogens with zero attached hydrogens (tertiary/aromatic N) is 4. The van der Waals surface area contributed by atoms with Crippen molar-refractivity contribution in [2.75, 3.05) is 44.2 Å². The van der Waals surface area contributed by atoms with Crippen LogP contribution in [-0.2, 0) is 0 Å². The van der Waals surface area contributed by atoms with Crippen LogP contribution in [0.15, 0.2) is 41.1 Å². The third-order valence-electron chi connectivity index (χ3n) is 5.27. The number of carbonyl (C=O) groups is 1. The number of amides is 1. The smallest absolute Gasteiger partial charge is 0.287 e. The zero-order valence-electron chi connectivity index (χ0n) is 16.4.